The van der Waals surface area contributed by atoms with E-state index in [2.05, 4.69) is 0 Å². The molecule has 1 N–H and O–H groups in total. The maximum Gasteiger partial charge on any atom is 0.305 e. The molecule has 0 aliphatic carbocycles. The Labute approximate surface area is 104 Å². The Morgan fingerprint density at radius 2 is 2.17 bits per heavy atom. The number of ether oxygens (including phenoxy) is 2. The molecule has 0 radical (unpaired) electrons. The Morgan fingerprint density at radius 1 is 1.39 bits per heavy atom. The molecule has 0 saturated carbocycles. The summed E-state index contributed by atoms with van der Waals surface area (Å²) in [6.45, 7) is 0.247. The quantitative estimate of drug-likeness (QED) is 0.862. The van der Waals surface area contributed by atoms with Gasteiger partial charge < -0.3 is 19.5 Å². The molecule has 1 aromatic rings. The molecule has 0 fully saturated rings. The van der Waals surface area contributed by atoms with Gasteiger partial charge in [0.05, 0.1) is 12.0 Å². The van der Waals surface area contributed by atoms with Gasteiger partial charge in [-0.25, -0.2) is 0 Å². The van der Waals surface area contributed by atoms with Crippen LogP contribution in [0.4, 0.5) is 0 Å². The number of fused-ring (bicyclic) bond motifs is 1. The fourth-order valence-electron chi connectivity index (χ4n) is 1.67. The van der Waals surface area contributed by atoms with Crippen molar-refractivity contribution in [2.24, 2.45) is 0 Å². The van der Waals surface area contributed by atoms with Gasteiger partial charge >= 0.3 is 5.97 Å². The zero-order valence-electron chi connectivity index (χ0n) is 9.88. The first kappa shape index (κ1) is 12.2. The highest BCUT2D eigenvalue weighted by Gasteiger charge is 2.23. The number of benzene rings is 1. The highest BCUT2D eigenvalue weighted by molar-refractivity contribution is 5.98. The number of carbonyl (C=O) groups excluding carboxylic acids is 1. The van der Waals surface area contributed by atoms with Crippen LogP contribution in [0.3, 0.4) is 0 Å². The molecule has 6 heteroatoms. The first-order valence-electron chi connectivity index (χ1n) is 5.45. The molecule has 0 spiro atoms. The smallest absolute Gasteiger partial charge is 0.305 e. The molecule has 96 valence electrons. The highest BCUT2D eigenvalue weighted by atomic mass is 16.7. The van der Waals surface area contributed by atoms with E-state index in [-0.39, 0.29) is 25.7 Å². The largest absolute Gasteiger partial charge is 0.481 e. The molecule has 0 bridgehead atoms. The Morgan fingerprint density at radius 3 is 2.89 bits per heavy atom. The normalized spacial score (nSPS) is 12.3. The van der Waals surface area contributed by atoms with Gasteiger partial charge in [-0.15, -0.1) is 0 Å². The number of carbonyl (C=O) groups is 2. The van der Waals surface area contributed by atoms with Crippen LogP contribution < -0.4 is 9.47 Å². The molecule has 1 aliphatic heterocycles. The molecule has 1 amide bonds. The zero-order valence-corrected chi connectivity index (χ0v) is 9.88. The third-order valence-corrected chi connectivity index (χ3v) is 2.63. The van der Waals surface area contributed by atoms with E-state index in [4.69, 9.17) is 14.6 Å². The average molecular weight is 251 g/mol. The van der Waals surface area contributed by atoms with Crippen LogP contribution in [0.5, 0.6) is 11.5 Å². The van der Waals surface area contributed by atoms with Gasteiger partial charge in [-0.3, -0.25) is 9.59 Å². The summed E-state index contributed by atoms with van der Waals surface area (Å²) < 4.78 is 10.4. The van der Waals surface area contributed by atoms with Crippen molar-refractivity contribution in [2.75, 3.05) is 20.4 Å². The average Bonchev–Trinajstić information content (AvgIpc) is 2.82. The molecule has 0 atom stereocenters. The van der Waals surface area contributed by atoms with E-state index in [9.17, 15) is 9.59 Å². The van der Waals surface area contributed by atoms with Crippen LogP contribution in [0.2, 0.25) is 0 Å². The lowest BCUT2D eigenvalue weighted by Crippen LogP contribution is -2.29. The first-order valence-corrected chi connectivity index (χ1v) is 5.45. The molecule has 1 aromatic carbocycles. The van der Waals surface area contributed by atoms with Gasteiger partial charge in [0.2, 0.25) is 6.79 Å². The van der Waals surface area contributed by atoms with Crippen molar-refractivity contribution in [3.63, 3.8) is 0 Å². The van der Waals surface area contributed by atoms with E-state index in [0.29, 0.717) is 17.1 Å². The predicted octanol–water partition coefficient (Wildman–Crippen LogP) is 0.962. The van der Waals surface area contributed by atoms with Gasteiger partial charge in [0, 0.05) is 13.6 Å². The Kier molecular flexibility index (Phi) is 3.36. The lowest BCUT2D eigenvalue weighted by molar-refractivity contribution is -0.137. The maximum atomic E-state index is 12.1. The summed E-state index contributed by atoms with van der Waals surface area (Å²) in [6.07, 6.45) is -0.0887. The first-order chi connectivity index (χ1) is 8.59. The van der Waals surface area contributed by atoms with Gasteiger partial charge in [0.1, 0.15) is 0 Å². The number of para-hydroxylation sites is 1. The Hall–Kier alpha value is -2.24. The second-order valence-corrected chi connectivity index (χ2v) is 3.91. The second kappa shape index (κ2) is 4.95. The number of carboxylic acid groups (broad SMARTS) is 1. The van der Waals surface area contributed by atoms with E-state index in [1.165, 1.54) is 4.90 Å². The number of hydrogen-bond donors (Lipinski definition) is 1. The summed E-state index contributed by atoms with van der Waals surface area (Å²) in [5.41, 5.74) is 0.387. The van der Waals surface area contributed by atoms with Crippen molar-refractivity contribution < 1.29 is 24.2 Å². The number of rotatable bonds is 4. The van der Waals surface area contributed by atoms with Crippen LogP contribution >= 0.6 is 0 Å². The fraction of sp³-hybridized carbons (Fsp3) is 0.333. The van der Waals surface area contributed by atoms with Crippen molar-refractivity contribution in [1.82, 2.24) is 4.90 Å². The third-order valence-electron chi connectivity index (χ3n) is 2.63. The summed E-state index contributed by atoms with van der Waals surface area (Å²) >= 11 is 0. The van der Waals surface area contributed by atoms with Gasteiger partial charge in [-0.05, 0) is 12.1 Å². The summed E-state index contributed by atoms with van der Waals surface area (Å²) in [7, 11) is 1.56. The topological polar surface area (TPSA) is 76.1 Å². The van der Waals surface area contributed by atoms with Crippen molar-refractivity contribution in [3.8, 4) is 11.5 Å². The van der Waals surface area contributed by atoms with Crippen molar-refractivity contribution in [2.45, 2.75) is 6.42 Å². The van der Waals surface area contributed by atoms with E-state index in [0.717, 1.165) is 0 Å². The molecular formula is C12H13NO5. The fourth-order valence-corrected chi connectivity index (χ4v) is 1.67. The van der Waals surface area contributed by atoms with E-state index >= 15 is 0 Å². The molecular weight excluding hydrogens is 238 g/mol. The minimum absolute atomic E-state index is 0.0887. The summed E-state index contributed by atoms with van der Waals surface area (Å²) in [5.74, 6) is -0.261. The number of hydrogen-bond acceptors (Lipinski definition) is 4. The highest BCUT2D eigenvalue weighted by Crippen LogP contribution is 2.35. The molecule has 0 unspecified atom stereocenters. The van der Waals surface area contributed by atoms with Gasteiger partial charge in [-0.2, -0.15) is 0 Å². The number of aliphatic carboxylic acids is 1. The lowest BCUT2D eigenvalue weighted by atomic mass is 10.1. The Balaban J connectivity index is 2.14. The van der Waals surface area contributed by atoms with Crippen molar-refractivity contribution >= 4 is 11.9 Å². The minimum Gasteiger partial charge on any atom is -0.481 e. The van der Waals surface area contributed by atoms with Gasteiger partial charge in [0.25, 0.3) is 5.91 Å². The molecule has 6 nitrogen and oxygen atoms in total. The standard InChI is InChI=1S/C12H13NO5/c1-13(6-5-10(14)15)12(16)8-3-2-4-9-11(8)18-7-17-9/h2-4H,5-7H2,1H3,(H,14,15). The van der Waals surface area contributed by atoms with Gasteiger partial charge in [-0.1, -0.05) is 6.07 Å². The monoisotopic (exact) mass is 251 g/mol. The minimum atomic E-state index is -0.937. The molecule has 0 aromatic heterocycles. The summed E-state index contributed by atoms with van der Waals surface area (Å²) in [4.78, 5) is 23.9. The van der Waals surface area contributed by atoms with Crippen LogP contribution in [0, 0.1) is 0 Å². The second-order valence-electron chi connectivity index (χ2n) is 3.91. The van der Waals surface area contributed by atoms with Crippen LogP contribution in [0.25, 0.3) is 0 Å². The number of amides is 1. The van der Waals surface area contributed by atoms with Crippen LogP contribution in [0.1, 0.15) is 16.8 Å². The number of nitrogens with zero attached hydrogens (tertiary/aromatic N) is 1. The maximum absolute atomic E-state index is 12.1. The molecule has 2 rings (SSSR count). The van der Waals surface area contributed by atoms with Crippen molar-refractivity contribution in [3.05, 3.63) is 23.8 Å². The van der Waals surface area contributed by atoms with Gasteiger partial charge in [0.15, 0.2) is 11.5 Å². The van der Waals surface area contributed by atoms with E-state index in [1.54, 1.807) is 25.2 Å². The molecule has 18 heavy (non-hydrogen) atoms. The molecule has 0 saturated heterocycles. The van der Waals surface area contributed by atoms with E-state index < -0.39 is 5.97 Å². The van der Waals surface area contributed by atoms with Crippen LogP contribution in [-0.2, 0) is 4.79 Å². The SMILES string of the molecule is CN(CCC(=O)O)C(=O)c1cccc2c1OCO2. The molecule has 1 heterocycles. The lowest BCUT2D eigenvalue weighted by Gasteiger charge is -2.16. The van der Waals surface area contributed by atoms with E-state index in [1.807, 2.05) is 0 Å². The zero-order chi connectivity index (χ0) is 13.1. The third kappa shape index (κ3) is 2.37. The van der Waals surface area contributed by atoms with Crippen LogP contribution in [0.15, 0.2) is 18.2 Å². The predicted molar refractivity (Wildman–Crippen MR) is 61.8 cm³/mol. The molecule has 1 aliphatic rings. The van der Waals surface area contributed by atoms with Crippen molar-refractivity contribution in [1.29, 1.82) is 0 Å². The number of carboxylic acids is 1. The van der Waals surface area contributed by atoms with Crippen LogP contribution in [-0.4, -0.2) is 42.3 Å². The summed E-state index contributed by atoms with van der Waals surface area (Å²) in [6, 6.07) is 5.05. The Bertz CT molecular complexity index is 485. The summed E-state index contributed by atoms with van der Waals surface area (Å²) in [5, 5.41) is 8.59.